The van der Waals surface area contributed by atoms with Crippen LogP contribution in [-0.4, -0.2) is 18.7 Å². The molecule has 3 aliphatic rings. The van der Waals surface area contributed by atoms with E-state index in [0.29, 0.717) is 12.3 Å². The first-order chi connectivity index (χ1) is 9.29. The van der Waals surface area contributed by atoms with Gasteiger partial charge in [0.1, 0.15) is 0 Å². The maximum absolute atomic E-state index is 12.5. The topological polar surface area (TPSA) is 52.6 Å². The van der Waals surface area contributed by atoms with Crippen molar-refractivity contribution in [2.45, 2.75) is 53.4 Å². The van der Waals surface area contributed by atoms with Crippen molar-refractivity contribution in [3.8, 4) is 0 Å². The predicted molar refractivity (Wildman–Crippen MR) is 72.5 cm³/mol. The molecule has 0 radical (unpaired) electrons. The molecule has 3 unspecified atom stereocenters. The van der Waals surface area contributed by atoms with Crippen LogP contribution in [0.1, 0.15) is 53.4 Å². The molecule has 1 heterocycles. The van der Waals surface area contributed by atoms with Crippen molar-refractivity contribution in [2.24, 2.45) is 28.1 Å². The average molecular weight is 280 g/mol. The predicted octanol–water partition coefficient (Wildman–Crippen LogP) is 2.90. The molecule has 0 amide bonds. The first-order valence-electron chi connectivity index (χ1n) is 7.63. The van der Waals surface area contributed by atoms with Gasteiger partial charge in [0.2, 0.25) is 6.79 Å². The molecule has 2 saturated carbocycles. The maximum atomic E-state index is 12.5. The minimum atomic E-state index is -1.11. The van der Waals surface area contributed by atoms with Crippen molar-refractivity contribution in [1.82, 2.24) is 0 Å². The average Bonchev–Trinajstić information content (AvgIpc) is 2.84. The molecule has 2 bridgehead atoms. The Labute approximate surface area is 120 Å². The molecule has 1 saturated heterocycles. The summed E-state index contributed by atoms with van der Waals surface area (Å²) in [7, 11) is 0. The van der Waals surface area contributed by atoms with Crippen LogP contribution in [0.2, 0.25) is 0 Å². The monoisotopic (exact) mass is 280 g/mol. The summed E-state index contributed by atoms with van der Waals surface area (Å²) in [5.41, 5.74) is -1.09. The molecule has 0 spiro atoms. The molecule has 0 N–H and O–H groups in total. The van der Waals surface area contributed by atoms with Crippen LogP contribution in [-0.2, 0) is 19.1 Å². The van der Waals surface area contributed by atoms with Gasteiger partial charge < -0.3 is 9.47 Å². The van der Waals surface area contributed by atoms with Gasteiger partial charge in [0.25, 0.3) is 0 Å². The molecular formula is C16H24O4. The van der Waals surface area contributed by atoms with Gasteiger partial charge >= 0.3 is 11.9 Å². The van der Waals surface area contributed by atoms with Crippen LogP contribution < -0.4 is 0 Å². The van der Waals surface area contributed by atoms with Gasteiger partial charge in [-0.3, -0.25) is 9.59 Å². The van der Waals surface area contributed by atoms with Crippen LogP contribution in [0.15, 0.2) is 0 Å². The number of hydrogen-bond donors (Lipinski definition) is 0. The van der Waals surface area contributed by atoms with E-state index >= 15 is 0 Å². The molecule has 3 rings (SSSR count). The highest BCUT2D eigenvalue weighted by molar-refractivity contribution is 6.01. The Hall–Kier alpha value is -1.06. The van der Waals surface area contributed by atoms with Gasteiger partial charge in [-0.2, -0.15) is 0 Å². The minimum absolute atomic E-state index is 0.00606. The highest BCUT2D eigenvalue weighted by Gasteiger charge is 2.71. The third kappa shape index (κ3) is 1.43. The number of esters is 2. The van der Waals surface area contributed by atoms with Gasteiger partial charge in [0.05, 0.1) is 0 Å². The van der Waals surface area contributed by atoms with Gasteiger partial charge in [-0.05, 0) is 48.3 Å². The second kappa shape index (κ2) is 3.99. The lowest BCUT2D eigenvalue weighted by Crippen LogP contribution is -2.58. The van der Waals surface area contributed by atoms with E-state index in [1.54, 1.807) is 0 Å². The molecule has 2 aliphatic carbocycles. The van der Waals surface area contributed by atoms with Crippen LogP contribution in [0.4, 0.5) is 0 Å². The minimum Gasteiger partial charge on any atom is -0.427 e. The Morgan fingerprint density at radius 3 is 2.20 bits per heavy atom. The first kappa shape index (κ1) is 13.9. The molecule has 20 heavy (non-hydrogen) atoms. The maximum Gasteiger partial charge on any atom is 0.326 e. The lowest BCUT2D eigenvalue weighted by atomic mass is 9.52. The zero-order chi connectivity index (χ0) is 14.8. The van der Waals surface area contributed by atoms with Crippen LogP contribution >= 0.6 is 0 Å². The molecule has 112 valence electrons. The zero-order valence-electron chi connectivity index (χ0n) is 12.8. The van der Waals surface area contributed by atoms with Crippen molar-refractivity contribution in [1.29, 1.82) is 0 Å². The summed E-state index contributed by atoms with van der Waals surface area (Å²) >= 11 is 0. The molecule has 4 heteroatoms. The van der Waals surface area contributed by atoms with Crippen LogP contribution in [0, 0.1) is 28.1 Å². The van der Waals surface area contributed by atoms with E-state index in [1.807, 2.05) is 6.92 Å². The number of fused-ring (bicyclic) bond motifs is 2. The van der Waals surface area contributed by atoms with E-state index < -0.39 is 5.41 Å². The lowest BCUT2D eigenvalue weighted by molar-refractivity contribution is -0.217. The summed E-state index contributed by atoms with van der Waals surface area (Å²) in [6.45, 7) is 8.32. The van der Waals surface area contributed by atoms with E-state index in [1.165, 1.54) is 6.42 Å². The summed E-state index contributed by atoms with van der Waals surface area (Å²) in [6.07, 6.45) is 3.85. The molecular weight excluding hydrogens is 256 g/mol. The SMILES string of the molecule is CCC1(C2C3(C)CCC(C3)C2(C)C)C(=O)OCOC1=O. The van der Waals surface area contributed by atoms with Crippen molar-refractivity contribution in [3.05, 3.63) is 0 Å². The van der Waals surface area contributed by atoms with E-state index in [9.17, 15) is 9.59 Å². The molecule has 3 atom stereocenters. The van der Waals surface area contributed by atoms with E-state index in [0.717, 1.165) is 12.8 Å². The smallest absolute Gasteiger partial charge is 0.326 e. The fraction of sp³-hybridized carbons (Fsp3) is 0.875. The van der Waals surface area contributed by atoms with Crippen molar-refractivity contribution < 1.29 is 19.1 Å². The van der Waals surface area contributed by atoms with Crippen LogP contribution in [0.5, 0.6) is 0 Å². The van der Waals surface area contributed by atoms with E-state index in [4.69, 9.17) is 9.47 Å². The zero-order valence-corrected chi connectivity index (χ0v) is 12.8. The third-order valence-corrected chi connectivity index (χ3v) is 6.43. The fourth-order valence-corrected chi connectivity index (χ4v) is 5.74. The van der Waals surface area contributed by atoms with E-state index in [-0.39, 0.29) is 35.5 Å². The van der Waals surface area contributed by atoms with Gasteiger partial charge in [-0.1, -0.05) is 27.7 Å². The normalized spacial score (nSPS) is 41.4. The number of hydrogen-bond acceptors (Lipinski definition) is 4. The van der Waals surface area contributed by atoms with E-state index in [2.05, 4.69) is 20.8 Å². The van der Waals surface area contributed by atoms with Crippen molar-refractivity contribution >= 4 is 11.9 Å². The molecule has 1 aliphatic heterocycles. The summed E-state index contributed by atoms with van der Waals surface area (Å²) in [4.78, 5) is 25.1. The number of rotatable bonds is 2. The summed E-state index contributed by atoms with van der Waals surface area (Å²) in [6, 6.07) is 0. The Morgan fingerprint density at radius 1 is 1.15 bits per heavy atom. The Balaban J connectivity index is 2.13. The lowest BCUT2D eigenvalue weighted by Gasteiger charge is -2.51. The van der Waals surface area contributed by atoms with Gasteiger partial charge in [-0.25, -0.2) is 0 Å². The summed E-state index contributed by atoms with van der Waals surface area (Å²) < 4.78 is 10.3. The Kier molecular flexibility index (Phi) is 2.77. The van der Waals surface area contributed by atoms with Crippen molar-refractivity contribution in [2.75, 3.05) is 6.79 Å². The second-order valence-electron chi connectivity index (χ2n) is 7.65. The van der Waals surface area contributed by atoms with Gasteiger partial charge in [0, 0.05) is 0 Å². The molecule has 0 aromatic rings. The molecule has 4 nitrogen and oxygen atoms in total. The molecule has 0 aromatic carbocycles. The largest absolute Gasteiger partial charge is 0.427 e. The first-order valence-corrected chi connectivity index (χ1v) is 7.63. The fourth-order valence-electron chi connectivity index (χ4n) is 5.74. The van der Waals surface area contributed by atoms with Gasteiger partial charge in [0.15, 0.2) is 5.41 Å². The standard InChI is InChI=1S/C16H24O4/c1-5-16(12(17)19-9-20-13(16)18)11-14(2,3)10-6-7-15(11,4)8-10/h10-11H,5-9H2,1-4H3. The summed E-state index contributed by atoms with van der Waals surface area (Å²) in [5.74, 6) is -0.152. The van der Waals surface area contributed by atoms with Crippen LogP contribution in [0.25, 0.3) is 0 Å². The second-order valence-corrected chi connectivity index (χ2v) is 7.65. The molecule has 0 aromatic heterocycles. The number of carbonyl (C=O) groups is 2. The number of carbonyl (C=O) groups excluding carboxylic acids is 2. The van der Waals surface area contributed by atoms with Gasteiger partial charge in [-0.15, -0.1) is 0 Å². The Morgan fingerprint density at radius 2 is 1.75 bits per heavy atom. The van der Waals surface area contributed by atoms with Crippen molar-refractivity contribution in [3.63, 3.8) is 0 Å². The third-order valence-electron chi connectivity index (χ3n) is 6.43. The summed E-state index contributed by atoms with van der Waals surface area (Å²) in [5, 5.41) is 0. The Bertz CT molecular complexity index is 446. The number of ether oxygens (including phenoxy) is 2. The van der Waals surface area contributed by atoms with Crippen LogP contribution in [0.3, 0.4) is 0 Å². The quantitative estimate of drug-likeness (QED) is 0.576. The number of cyclic esters (lactones) is 2. The molecule has 3 fully saturated rings. The highest BCUT2D eigenvalue weighted by atomic mass is 16.7. The highest BCUT2D eigenvalue weighted by Crippen LogP contribution is 2.71.